The van der Waals surface area contributed by atoms with Crippen LogP contribution in [0.15, 0.2) is 51.8 Å². The predicted molar refractivity (Wildman–Crippen MR) is 85.2 cm³/mol. The Hall–Kier alpha value is -2.96. The number of hydrogen-bond donors (Lipinski definition) is 0. The van der Waals surface area contributed by atoms with E-state index in [-0.39, 0.29) is 17.8 Å². The van der Waals surface area contributed by atoms with Crippen molar-refractivity contribution in [1.29, 1.82) is 0 Å². The van der Waals surface area contributed by atoms with E-state index >= 15 is 0 Å². The van der Waals surface area contributed by atoms with Crippen LogP contribution in [-0.4, -0.2) is 27.5 Å². The Morgan fingerprint density at radius 3 is 2.88 bits per heavy atom. The van der Waals surface area contributed by atoms with Crippen LogP contribution in [0.2, 0.25) is 0 Å². The first-order valence-electron chi connectivity index (χ1n) is 8.11. The molecule has 1 fully saturated rings. The van der Waals surface area contributed by atoms with Gasteiger partial charge in [-0.15, -0.1) is 0 Å². The van der Waals surface area contributed by atoms with E-state index < -0.39 is 0 Å². The van der Waals surface area contributed by atoms with Crippen LogP contribution in [0, 0.1) is 5.82 Å². The van der Waals surface area contributed by atoms with Gasteiger partial charge in [0.1, 0.15) is 18.1 Å². The van der Waals surface area contributed by atoms with Gasteiger partial charge in [0.05, 0.1) is 11.8 Å². The standard InChI is InChI=1S/C18H16FN3O3/c19-14-5-3-12(4-6-14)10-16-20-17(25-21-16)15-2-1-8-22(15)18(23)13-7-9-24-11-13/h3-7,9,11,15H,1-2,8,10H2/t15-/m0/s1. The minimum Gasteiger partial charge on any atom is -0.472 e. The highest BCUT2D eigenvalue weighted by molar-refractivity contribution is 5.94. The van der Waals surface area contributed by atoms with E-state index in [1.165, 1.54) is 24.7 Å². The molecule has 3 aromatic rings. The summed E-state index contributed by atoms with van der Waals surface area (Å²) in [4.78, 5) is 18.7. The van der Waals surface area contributed by atoms with Crippen LogP contribution in [0.4, 0.5) is 4.39 Å². The van der Waals surface area contributed by atoms with Gasteiger partial charge in [-0.2, -0.15) is 4.98 Å². The number of carbonyl (C=O) groups is 1. The molecule has 1 saturated heterocycles. The van der Waals surface area contributed by atoms with Crippen molar-refractivity contribution in [2.24, 2.45) is 0 Å². The van der Waals surface area contributed by atoms with Gasteiger partial charge in [0.15, 0.2) is 5.82 Å². The molecule has 0 aliphatic carbocycles. The van der Waals surface area contributed by atoms with Gasteiger partial charge in [-0.1, -0.05) is 17.3 Å². The molecule has 1 aromatic carbocycles. The van der Waals surface area contributed by atoms with Crippen LogP contribution in [0.25, 0.3) is 0 Å². The maximum atomic E-state index is 13.0. The first-order chi connectivity index (χ1) is 12.2. The Bertz CT molecular complexity index is 858. The molecule has 1 aliphatic rings. The minimum absolute atomic E-state index is 0.102. The summed E-state index contributed by atoms with van der Waals surface area (Å²) >= 11 is 0. The van der Waals surface area contributed by atoms with Crippen molar-refractivity contribution < 1.29 is 18.1 Å². The molecule has 1 amide bonds. The van der Waals surface area contributed by atoms with E-state index in [4.69, 9.17) is 8.94 Å². The number of furan rings is 1. The lowest BCUT2D eigenvalue weighted by molar-refractivity contribution is 0.0709. The Balaban J connectivity index is 1.50. The molecule has 0 N–H and O–H groups in total. The summed E-state index contributed by atoms with van der Waals surface area (Å²) in [6, 6.07) is 7.60. The van der Waals surface area contributed by atoms with Crippen LogP contribution < -0.4 is 0 Å². The summed E-state index contributed by atoms with van der Waals surface area (Å²) in [6.45, 7) is 0.643. The summed E-state index contributed by atoms with van der Waals surface area (Å²) in [5.74, 6) is 0.571. The zero-order valence-electron chi connectivity index (χ0n) is 13.4. The molecule has 7 heteroatoms. The lowest BCUT2D eigenvalue weighted by atomic mass is 10.1. The van der Waals surface area contributed by atoms with E-state index in [1.807, 2.05) is 0 Å². The molecule has 0 radical (unpaired) electrons. The quantitative estimate of drug-likeness (QED) is 0.727. The smallest absolute Gasteiger partial charge is 0.257 e. The number of carbonyl (C=O) groups excluding carboxylic acids is 1. The fourth-order valence-electron chi connectivity index (χ4n) is 3.08. The Morgan fingerprint density at radius 1 is 1.28 bits per heavy atom. The zero-order chi connectivity index (χ0) is 17.2. The minimum atomic E-state index is -0.281. The number of rotatable bonds is 4. The SMILES string of the molecule is O=C(c1ccoc1)N1CCC[C@H]1c1nc(Cc2ccc(F)cc2)no1. The maximum Gasteiger partial charge on any atom is 0.257 e. The predicted octanol–water partition coefficient (Wildman–Crippen LogP) is 3.37. The number of nitrogens with zero attached hydrogens (tertiary/aromatic N) is 3. The van der Waals surface area contributed by atoms with Crippen LogP contribution in [0.3, 0.4) is 0 Å². The average molecular weight is 341 g/mol. The zero-order valence-corrected chi connectivity index (χ0v) is 13.4. The molecular formula is C18H16FN3O3. The van der Waals surface area contributed by atoms with Crippen molar-refractivity contribution in [3.05, 3.63) is 71.5 Å². The lowest BCUT2D eigenvalue weighted by Crippen LogP contribution is -2.30. The van der Waals surface area contributed by atoms with Crippen molar-refractivity contribution in [2.75, 3.05) is 6.54 Å². The Morgan fingerprint density at radius 2 is 2.12 bits per heavy atom. The van der Waals surface area contributed by atoms with E-state index in [9.17, 15) is 9.18 Å². The topological polar surface area (TPSA) is 72.4 Å². The van der Waals surface area contributed by atoms with Crippen LogP contribution >= 0.6 is 0 Å². The number of hydrogen-bond acceptors (Lipinski definition) is 5. The molecular weight excluding hydrogens is 325 g/mol. The average Bonchev–Trinajstić information content (AvgIpc) is 3.37. The van der Waals surface area contributed by atoms with Gasteiger partial charge >= 0.3 is 0 Å². The molecule has 6 nitrogen and oxygen atoms in total. The monoisotopic (exact) mass is 341 g/mol. The Labute approximate surface area is 143 Å². The second kappa shape index (κ2) is 6.51. The third-order valence-corrected chi connectivity index (χ3v) is 4.33. The molecule has 4 rings (SSSR count). The summed E-state index contributed by atoms with van der Waals surface area (Å²) in [5, 5.41) is 4.00. The second-order valence-electron chi connectivity index (χ2n) is 6.02. The molecule has 0 spiro atoms. The second-order valence-corrected chi connectivity index (χ2v) is 6.02. The third kappa shape index (κ3) is 3.17. The van der Waals surface area contributed by atoms with Crippen LogP contribution in [-0.2, 0) is 6.42 Å². The van der Waals surface area contributed by atoms with Gasteiger partial charge in [-0.3, -0.25) is 4.79 Å². The molecule has 1 aliphatic heterocycles. The van der Waals surface area contributed by atoms with E-state index in [0.717, 1.165) is 18.4 Å². The van der Waals surface area contributed by atoms with Crippen molar-refractivity contribution in [3.8, 4) is 0 Å². The highest BCUT2D eigenvalue weighted by Crippen LogP contribution is 2.32. The maximum absolute atomic E-state index is 13.0. The summed E-state index contributed by atoms with van der Waals surface area (Å²) < 4.78 is 23.4. The molecule has 3 heterocycles. The van der Waals surface area contributed by atoms with Crippen LogP contribution in [0.1, 0.15) is 46.5 Å². The van der Waals surface area contributed by atoms with E-state index in [0.29, 0.717) is 30.2 Å². The van der Waals surface area contributed by atoms with Crippen molar-refractivity contribution >= 4 is 5.91 Å². The van der Waals surface area contributed by atoms with E-state index in [2.05, 4.69) is 10.1 Å². The molecule has 0 bridgehead atoms. The molecule has 25 heavy (non-hydrogen) atoms. The molecule has 0 saturated carbocycles. The first kappa shape index (κ1) is 15.6. The molecule has 128 valence electrons. The van der Waals surface area contributed by atoms with Gasteiger partial charge in [0.2, 0.25) is 5.89 Å². The first-order valence-corrected chi connectivity index (χ1v) is 8.11. The highest BCUT2D eigenvalue weighted by Gasteiger charge is 2.34. The molecule has 0 unspecified atom stereocenters. The largest absolute Gasteiger partial charge is 0.472 e. The normalized spacial score (nSPS) is 17.2. The summed E-state index contributed by atoms with van der Waals surface area (Å²) in [5.41, 5.74) is 1.41. The van der Waals surface area contributed by atoms with Crippen molar-refractivity contribution in [2.45, 2.75) is 25.3 Å². The van der Waals surface area contributed by atoms with Crippen molar-refractivity contribution in [1.82, 2.24) is 15.0 Å². The van der Waals surface area contributed by atoms with Gasteiger partial charge in [-0.25, -0.2) is 4.39 Å². The Kier molecular flexibility index (Phi) is 4.05. The van der Waals surface area contributed by atoms with Crippen LogP contribution in [0.5, 0.6) is 0 Å². The fraction of sp³-hybridized carbons (Fsp3) is 0.278. The number of halogens is 1. The molecule has 1 atom stereocenters. The van der Waals surface area contributed by atoms with Gasteiger partial charge in [-0.05, 0) is 36.6 Å². The summed E-state index contributed by atoms with van der Waals surface area (Å²) in [7, 11) is 0. The number of aromatic nitrogens is 2. The third-order valence-electron chi connectivity index (χ3n) is 4.33. The van der Waals surface area contributed by atoms with Gasteiger partial charge in [0.25, 0.3) is 5.91 Å². The molecule has 2 aromatic heterocycles. The van der Waals surface area contributed by atoms with Gasteiger partial charge < -0.3 is 13.8 Å². The number of benzene rings is 1. The van der Waals surface area contributed by atoms with Crippen molar-refractivity contribution in [3.63, 3.8) is 0 Å². The van der Waals surface area contributed by atoms with E-state index in [1.54, 1.807) is 23.1 Å². The lowest BCUT2D eigenvalue weighted by Gasteiger charge is -2.20. The number of amides is 1. The fourth-order valence-corrected chi connectivity index (χ4v) is 3.08. The summed E-state index contributed by atoms with van der Waals surface area (Å²) in [6.07, 6.45) is 5.02. The van der Waals surface area contributed by atoms with Gasteiger partial charge in [0, 0.05) is 13.0 Å². The highest BCUT2D eigenvalue weighted by atomic mass is 19.1. The number of likely N-dealkylation sites (tertiary alicyclic amines) is 1.